The third-order valence-corrected chi connectivity index (χ3v) is 3.30. The van der Waals surface area contributed by atoms with Crippen molar-refractivity contribution in [3.63, 3.8) is 0 Å². The van der Waals surface area contributed by atoms with Crippen LogP contribution in [-0.4, -0.2) is 36.6 Å². The Labute approximate surface area is 112 Å². The second-order valence-electron chi connectivity index (χ2n) is 4.97. The van der Waals surface area contributed by atoms with E-state index in [0.29, 0.717) is 23.5 Å². The first-order chi connectivity index (χ1) is 8.99. The van der Waals surface area contributed by atoms with E-state index in [1.165, 1.54) is 0 Å². The number of anilines is 1. The van der Waals surface area contributed by atoms with E-state index in [1.54, 1.807) is 0 Å². The Morgan fingerprint density at radius 2 is 2.16 bits per heavy atom. The number of nitrogens with zero attached hydrogens (tertiary/aromatic N) is 2. The minimum absolute atomic E-state index is 0.275. The van der Waals surface area contributed by atoms with E-state index in [1.807, 2.05) is 39.2 Å². The highest BCUT2D eigenvalue weighted by Crippen LogP contribution is 2.14. The molecule has 1 heterocycles. The molecule has 0 spiro atoms. The predicted octanol–water partition coefficient (Wildman–Crippen LogP) is 1.86. The van der Waals surface area contributed by atoms with Crippen molar-refractivity contribution < 1.29 is 4.42 Å². The van der Waals surface area contributed by atoms with E-state index in [9.17, 15) is 4.79 Å². The second-order valence-corrected chi connectivity index (χ2v) is 4.97. The van der Waals surface area contributed by atoms with Crippen LogP contribution in [0, 0.1) is 6.92 Å². The molecule has 0 aliphatic carbocycles. The van der Waals surface area contributed by atoms with Gasteiger partial charge in [0.05, 0.1) is 10.9 Å². The summed E-state index contributed by atoms with van der Waals surface area (Å²) in [6.45, 7) is 4.62. The Kier molecular flexibility index (Phi) is 3.85. The van der Waals surface area contributed by atoms with E-state index in [4.69, 9.17) is 4.42 Å². The molecular formula is C14H19N3O2. The Morgan fingerprint density at radius 3 is 2.84 bits per heavy atom. The number of likely N-dealkylation sites (N-methyl/N-ethyl adjacent to an activating group) is 1. The fraction of sp³-hybridized carbons (Fsp3) is 0.429. The van der Waals surface area contributed by atoms with Gasteiger partial charge in [-0.15, -0.1) is 0 Å². The van der Waals surface area contributed by atoms with Crippen LogP contribution in [0.5, 0.6) is 0 Å². The topological polar surface area (TPSA) is 58.4 Å². The predicted molar refractivity (Wildman–Crippen MR) is 76.7 cm³/mol. The Hall–Kier alpha value is -1.88. The SMILES string of the molecule is Cc1cccc2nc(NCC(C)N(C)C)oc(=O)c12. The molecule has 1 aromatic heterocycles. The molecule has 0 amide bonds. The molecule has 1 N–H and O–H groups in total. The van der Waals surface area contributed by atoms with Gasteiger partial charge in [-0.25, -0.2) is 4.79 Å². The van der Waals surface area contributed by atoms with Crippen molar-refractivity contribution in [3.8, 4) is 0 Å². The van der Waals surface area contributed by atoms with Gasteiger partial charge in [-0.3, -0.25) is 0 Å². The molecule has 1 aromatic carbocycles. The zero-order valence-corrected chi connectivity index (χ0v) is 11.7. The first-order valence-corrected chi connectivity index (χ1v) is 6.30. The zero-order chi connectivity index (χ0) is 14.0. The van der Waals surface area contributed by atoms with E-state index in [2.05, 4.69) is 22.1 Å². The summed E-state index contributed by atoms with van der Waals surface area (Å²) in [5, 5.41) is 3.61. The van der Waals surface area contributed by atoms with Crippen molar-refractivity contribution in [2.45, 2.75) is 19.9 Å². The lowest BCUT2D eigenvalue weighted by Gasteiger charge is -2.19. The molecule has 2 aromatic rings. The number of rotatable bonds is 4. The number of benzene rings is 1. The van der Waals surface area contributed by atoms with Crippen LogP contribution < -0.4 is 10.9 Å². The average Bonchev–Trinajstić information content (AvgIpc) is 2.35. The van der Waals surface area contributed by atoms with Crippen molar-refractivity contribution >= 4 is 16.9 Å². The van der Waals surface area contributed by atoms with Gasteiger partial charge in [-0.2, -0.15) is 4.98 Å². The summed E-state index contributed by atoms with van der Waals surface area (Å²) in [6.07, 6.45) is 0. The van der Waals surface area contributed by atoms with Crippen LogP contribution in [0.25, 0.3) is 10.9 Å². The maximum atomic E-state index is 11.9. The van der Waals surface area contributed by atoms with E-state index < -0.39 is 0 Å². The number of hydrogen-bond donors (Lipinski definition) is 1. The third-order valence-electron chi connectivity index (χ3n) is 3.30. The standard InChI is InChI=1S/C14H19N3O2/c1-9-6-5-7-11-12(9)13(18)19-14(16-11)15-8-10(2)17(3)4/h5-7,10H,8H2,1-4H3,(H,15,16). The number of nitrogens with one attached hydrogen (secondary N) is 1. The molecule has 5 nitrogen and oxygen atoms in total. The molecule has 0 aliphatic rings. The highest BCUT2D eigenvalue weighted by atomic mass is 16.4. The quantitative estimate of drug-likeness (QED) is 0.910. The molecule has 2 rings (SSSR count). The van der Waals surface area contributed by atoms with Gasteiger partial charge in [0.25, 0.3) is 6.01 Å². The van der Waals surface area contributed by atoms with Gasteiger partial charge in [-0.05, 0) is 39.6 Å². The van der Waals surface area contributed by atoms with Gasteiger partial charge in [0.2, 0.25) is 0 Å². The second kappa shape index (κ2) is 5.40. The van der Waals surface area contributed by atoms with Gasteiger partial charge in [0, 0.05) is 12.6 Å². The number of aryl methyl sites for hydroxylation is 1. The first-order valence-electron chi connectivity index (χ1n) is 6.30. The van der Waals surface area contributed by atoms with Gasteiger partial charge < -0.3 is 14.6 Å². The highest BCUT2D eigenvalue weighted by molar-refractivity contribution is 5.81. The minimum atomic E-state index is -0.344. The molecule has 102 valence electrons. The molecule has 5 heteroatoms. The molecule has 0 aliphatic heterocycles. The lowest BCUT2D eigenvalue weighted by atomic mass is 10.1. The summed E-state index contributed by atoms with van der Waals surface area (Å²) < 4.78 is 5.21. The van der Waals surface area contributed by atoms with Crippen molar-refractivity contribution in [1.82, 2.24) is 9.88 Å². The van der Waals surface area contributed by atoms with Gasteiger partial charge in [0.1, 0.15) is 0 Å². The molecule has 1 unspecified atom stereocenters. The summed E-state index contributed by atoms with van der Waals surface area (Å²) in [5.41, 5.74) is 1.20. The largest absolute Gasteiger partial charge is 0.389 e. The van der Waals surface area contributed by atoms with Crippen LogP contribution in [0.2, 0.25) is 0 Å². The smallest absolute Gasteiger partial charge is 0.348 e. The molecule has 0 saturated carbocycles. The summed E-state index contributed by atoms with van der Waals surface area (Å²) in [6, 6.07) is 6.18. The molecule has 0 fully saturated rings. The van der Waals surface area contributed by atoms with E-state index >= 15 is 0 Å². The minimum Gasteiger partial charge on any atom is -0.389 e. The van der Waals surface area contributed by atoms with Gasteiger partial charge >= 0.3 is 5.63 Å². The normalized spacial score (nSPS) is 12.9. The Morgan fingerprint density at radius 1 is 1.42 bits per heavy atom. The Balaban J connectivity index is 2.29. The zero-order valence-electron chi connectivity index (χ0n) is 11.7. The number of aromatic nitrogens is 1. The van der Waals surface area contributed by atoms with E-state index in [0.717, 1.165) is 5.56 Å². The highest BCUT2D eigenvalue weighted by Gasteiger charge is 2.10. The fourth-order valence-electron chi connectivity index (χ4n) is 1.78. The van der Waals surface area contributed by atoms with Crippen molar-refractivity contribution in [3.05, 3.63) is 34.2 Å². The van der Waals surface area contributed by atoms with Gasteiger partial charge in [-0.1, -0.05) is 12.1 Å². The maximum Gasteiger partial charge on any atom is 0.348 e. The van der Waals surface area contributed by atoms with Crippen LogP contribution in [0.15, 0.2) is 27.4 Å². The lowest BCUT2D eigenvalue weighted by molar-refractivity contribution is 0.324. The number of hydrogen-bond acceptors (Lipinski definition) is 5. The molecule has 0 bridgehead atoms. The van der Waals surface area contributed by atoms with E-state index in [-0.39, 0.29) is 11.6 Å². The van der Waals surface area contributed by atoms with Crippen molar-refractivity contribution in [1.29, 1.82) is 0 Å². The van der Waals surface area contributed by atoms with Gasteiger partial charge in [0.15, 0.2) is 0 Å². The van der Waals surface area contributed by atoms with Crippen LogP contribution in [-0.2, 0) is 0 Å². The number of fused-ring (bicyclic) bond motifs is 1. The van der Waals surface area contributed by atoms with Crippen LogP contribution >= 0.6 is 0 Å². The summed E-state index contributed by atoms with van der Waals surface area (Å²) in [7, 11) is 4.00. The summed E-state index contributed by atoms with van der Waals surface area (Å²) in [4.78, 5) is 18.4. The molecule has 0 radical (unpaired) electrons. The molecule has 19 heavy (non-hydrogen) atoms. The fourth-order valence-corrected chi connectivity index (χ4v) is 1.78. The van der Waals surface area contributed by atoms with Crippen molar-refractivity contribution in [2.24, 2.45) is 0 Å². The summed E-state index contributed by atoms with van der Waals surface area (Å²) in [5.74, 6) is 0. The average molecular weight is 261 g/mol. The lowest BCUT2D eigenvalue weighted by Crippen LogP contribution is -2.31. The summed E-state index contributed by atoms with van der Waals surface area (Å²) >= 11 is 0. The third kappa shape index (κ3) is 2.93. The Bertz CT molecular complexity index is 634. The molecular weight excluding hydrogens is 242 g/mol. The van der Waals surface area contributed by atoms with Crippen LogP contribution in [0.3, 0.4) is 0 Å². The van der Waals surface area contributed by atoms with Crippen LogP contribution in [0.4, 0.5) is 6.01 Å². The molecule has 0 saturated heterocycles. The first kappa shape index (κ1) is 13.5. The van der Waals surface area contributed by atoms with Crippen LogP contribution in [0.1, 0.15) is 12.5 Å². The van der Waals surface area contributed by atoms with Crippen molar-refractivity contribution in [2.75, 3.05) is 26.0 Å². The monoisotopic (exact) mass is 261 g/mol. The molecule has 1 atom stereocenters. The maximum absolute atomic E-state index is 11.9.